The Kier molecular flexibility index (Phi) is 3.37. The van der Waals surface area contributed by atoms with E-state index in [0.717, 1.165) is 29.3 Å². The maximum Gasteiger partial charge on any atom is 0.138 e. The van der Waals surface area contributed by atoms with E-state index in [1.54, 1.807) is 7.11 Å². The van der Waals surface area contributed by atoms with Gasteiger partial charge < -0.3 is 10.1 Å². The fourth-order valence-electron chi connectivity index (χ4n) is 3.03. The van der Waals surface area contributed by atoms with Crippen LogP contribution < -0.4 is 10.1 Å². The molecule has 1 heterocycles. The Balaban J connectivity index is 2.58. The fraction of sp³-hybridized carbons (Fsp3) is 0.571. The second-order valence-corrected chi connectivity index (χ2v) is 5.45. The molecule has 1 aromatic carbocycles. The van der Waals surface area contributed by atoms with Crippen molar-refractivity contribution < 1.29 is 4.74 Å². The van der Waals surface area contributed by atoms with Crippen molar-refractivity contribution in [2.24, 2.45) is 0 Å². The van der Waals surface area contributed by atoms with Gasteiger partial charge in [0.25, 0.3) is 0 Å². The zero-order chi connectivity index (χ0) is 12.6. The minimum Gasteiger partial charge on any atom is -0.495 e. The third-order valence-corrected chi connectivity index (χ3v) is 4.27. The number of aryl methyl sites for hydroxylation is 1. The Labute approximate surface area is 108 Å². The highest BCUT2D eigenvalue weighted by Crippen LogP contribution is 2.40. The highest BCUT2D eigenvalue weighted by molar-refractivity contribution is 6.33. The van der Waals surface area contributed by atoms with Crippen LogP contribution in [-0.4, -0.2) is 13.7 Å². The molecule has 1 aliphatic rings. The highest BCUT2D eigenvalue weighted by atomic mass is 35.5. The van der Waals surface area contributed by atoms with Crippen LogP contribution in [0.2, 0.25) is 5.02 Å². The quantitative estimate of drug-likeness (QED) is 0.870. The number of methoxy groups -OCH3 is 1. The summed E-state index contributed by atoms with van der Waals surface area (Å²) in [5.74, 6) is 0.770. The van der Waals surface area contributed by atoms with E-state index in [9.17, 15) is 0 Å². The van der Waals surface area contributed by atoms with Crippen molar-refractivity contribution in [1.82, 2.24) is 5.32 Å². The van der Waals surface area contributed by atoms with Gasteiger partial charge in [0.2, 0.25) is 0 Å². The van der Waals surface area contributed by atoms with E-state index in [-0.39, 0.29) is 5.54 Å². The highest BCUT2D eigenvalue weighted by Gasteiger charge is 2.33. The molecule has 0 aromatic heterocycles. The minimum absolute atomic E-state index is 0.0596. The SMILES string of the molecule is COc1cc(C)c(C2(C)CCCN2)c(C)c1Cl. The molecule has 1 saturated heterocycles. The fourth-order valence-corrected chi connectivity index (χ4v) is 3.25. The van der Waals surface area contributed by atoms with Crippen LogP contribution in [-0.2, 0) is 5.54 Å². The maximum atomic E-state index is 6.36. The van der Waals surface area contributed by atoms with Crippen LogP contribution >= 0.6 is 11.6 Å². The van der Waals surface area contributed by atoms with Gasteiger partial charge in [-0.25, -0.2) is 0 Å². The van der Waals surface area contributed by atoms with E-state index >= 15 is 0 Å². The number of nitrogens with one attached hydrogen (secondary N) is 1. The third-order valence-electron chi connectivity index (χ3n) is 3.80. The van der Waals surface area contributed by atoms with Crippen LogP contribution in [0.3, 0.4) is 0 Å². The van der Waals surface area contributed by atoms with Gasteiger partial charge in [-0.15, -0.1) is 0 Å². The molecule has 0 aliphatic carbocycles. The predicted molar refractivity (Wildman–Crippen MR) is 72.1 cm³/mol. The Morgan fingerprint density at radius 3 is 2.65 bits per heavy atom. The van der Waals surface area contributed by atoms with Gasteiger partial charge in [0.05, 0.1) is 12.1 Å². The Bertz CT molecular complexity index is 436. The number of halogens is 1. The molecule has 1 fully saturated rings. The van der Waals surface area contributed by atoms with E-state index in [0.29, 0.717) is 0 Å². The van der Waals surface area contributed by atoms with Crippen molar-refractivity contribution >= 4 is 11.6 Å². The van der Waals surface area contributed by atoms with Crippen LogP contribution in [0.1, 0.15) is 36.5 Å². The summed E-state index contributed by atoms with van der Waals surface area (Å²) in [5.41, 5.74) is 3.78. The van der Waals surface area contributed by atoms with Crippen molar-refractivity contribution in [1.29, 1.82) is 0 Å². The average Bonchev–Trinajstić information content (AvgIpc) is 2.71. The molecule has 0 saturated carbocycles. The lowest BCUT2D eigenvalue weighted by Crippen LogP contribution is -2.34. The summed E-state index contributed by atoms with van der Waals surface area (Å²) in [7, 11) is 1.66. The average molecular weight is 254 g/mol. The van der Waals surface area contributed by atoms with Gasteiger partial charge in [0, 0.05) is 5.54 Å². The van der Waals surface area contributed by atoms with Crippen molar-refractivity contribution in [3.8, 4) is 5.75 Å². The molecule has 17 heavy (non-hydrogen) atoms. The molecule has 2 rings (SSSR count). The van der Waals surface area contributed by atoms with Gasteiger partial charge in [-0.1, -0.05) is 11.6 Å². The molecule has 1 aromatic rings. The van der Waals surface area contributed by atoms with E-state index in [4.69, 9.17) is 16.3 Å². The summed E-state index contributed by atoms with van der Waals surface area (Å²) < 4.78 is 5.30. The van der Waals surface area contributed by atoms with Gasteiger partial charge in [0.1, 0.15) is 5.75 Å². The molecule has 94 valence electrons. The normalized spacial score (nSPS) is 24.1. The summed E-state index contributed by atoms with van der Waals surface area (Å²) in [6.45, 7) is 7.56. The first-order valence-electron chi connectivity index (χ1n) is 6.09. The van der Waals surface area contributed by atoms with Crippen LogP contribution in [0.15, 0.2) is 6.07 Å². The molecule has 0 radical (unpaired) electrons. The molecule has 1 atom stereocenters. The zero-order valence-electron chi connectivity index (χ0n) is 11.0. The molecule has 2 nitrogen and oxygen atoms in total. The molecule has 0 spiro atoms. The van der Waals surface area contributed by atoms with Gasteiger partial charge >= 0.3 is 0 Å². The van der Waals surface area contributed by atoms with E-state index in [1.165, 1.54) is 17.5 Å². The van der Waals surface area contributed by atoms with Gasteiger partial charge in [-0.05, 0) is 62.9 Å². The van der Waals surface area contributed by atoms with E-state index in [2.05, 4.69) is 26.1 Å². The molecule has 1 aliphatic heterocycles. The molecule has 3 heteroatoms. The van der Waals surface area contributed by atoms with Crippen LogP contribution in [0.4, 0.5) is 0 Å². The van der Waals surface area contributed by atoms with Crippen LogP contribution in [0, 0.1) is 13.8 Å². The summed E-state index contributed by atoms with van der Waals surface area (Å²) in [6, 6.07) is 2.04. The number of ether oxygens (including phenoxy) is 1. The monoisotopic (exact) mass is 253 g/mol. The van der Waals surface area contributed by atoms with Gasteiger partial charge in [-0.3, -0.25) is 0 Å². The largest absolute Gasteiger partial charge is 0.495 e. The van der Waals surface area contributed by atoms with Crippen LogP contribution in [0.5, 0.6) is 5.75 Å². The van der Waals surface area contributed by atoms with Gasteiger partial charge in [-0.2, -0.15) is 0 Å². The molecule has 0 amide bonds. The first-order chi connectivity index (χ1) is 7.99. The zero-order valence-corrected chi connectivity index (χ0v) is 11.7. The molecular weight excluding hydrogens is 234 g/mol. The lowest BCUT2D eigenvalue weighted by Gasteiger charge is -2.30. The first-order valence-corrected chi connectivity index (χ1v) is 6.46. The van der Waals surface area contributed by atoms with Gasteiger partial charge in [0.15, 0.2) is 0 Å². The summed E-state index contributed by atoms with van der Waals surface area (Å²) >= 11 is 6.36. The number of hydrogen-bond donors (Lipinski definition) is 1. The van der Waals surface area contributed by atoms with E-state index < -0.39 is 0 Å². The maximum absolute atomic E-state index is 6.36. The Hall–Kier alpha value is -0.730. The topological polar surface area (TPSA) is 21.3 Å². The number of rotatable bonds is 2. The van der Waals surface area contributed by atoms with Crippen molar-refractivity contribution in [2.75, 3.05) is 13.7 Å². The molecule has 0 bridgehead atoms. The Morgan fingerprint density at radius 1 is 1.41 bits per heavy atom. The third kappa shape index (κ3) is 2.04. The second-order valence-electron chi connectivity index (χ2n) is 5.07. The lowest BCUT2D eigenvalue weighted by molar-refractivity contribution is 0.408. The smallest absolute Gasteiger partial charge is 0.138 e. The minimum atomic E-state index is 0.0596. The molecule has 1 N–H and O–H groups in total. The predicted octanol–water partition coefficient (Wildman–Crippen LogP) is 3.56. The van der Waals surface area contributed by atoms with Crippen molar-refractivity contribution in [3.05, 3.63) is 27.8 Å². The molecular formula is C14H20ClNO. The summed E-state index contributed by atoms with van der Waals surface area (Å²) in [4.78, 5) is 0. The summed E-state index contributed by atoms with van der Waals surface area (Å²) in [5, 5.41) is 4.34. The number of hydrogen-bond acceptors (Lipinski definition) is 2. The standard InChI is InChI=1S/C14H20ClNO/c1-9-8-11(17-4)13(15)10(2)12(9)14(3)6-5-7-16-14/h8,16H,5-7H2,1-4H3. The second kappa shape index (κ2) is 4.51. The van der Waals surface area contributed by atoms with Crippen LogP contribution in [0.25, 0.3) is 0 Å². The van der Waals surface area contributed by atoms with Crippen molar-refractivity contribution in [3.63, 3.8) is 0 Å². The first kappa shape index (κ1) is 12.7. The Morgan fingerprint density at radius 2 is 2.12 bits per heavy atom. The van der Waals surface area contributed by atoms with E-state index in [1.807, 2.05) is 6.07 Å². The number of benzene rings is 1. The van der Waals surface area contributed by atoms with Crippen molar-refractivity contribution in [2.45, 2.75) is 39.2 Å². The molecule has 1 unspecified atom stereocenters. The summed E-state index contributed by atoms with van der Waals surface area (Å²) in [6.07, 6.45) is 2.39. The lowest BCUT2D eigenvalue weighted by atomic mass is 9.84.